The molecule has 2 saturated heterocycles. The van der Waals surface area contributed by atoms with Crippen LogP contribution < -0.4 is 4.74 Å². The van der Waals surface area contributed by atoms with Crippen LogP contribution in [0.4, 0.5) is 0 Å². The molecule has 0 saturated carbocycles. The topological polar surface area (TPSA) is 126 Å². The monoisotopic (exact) mass is 737 g/mol. The molecule has 0 radical (unpaired) electrons. The number of fused-ring (bicyclic) bond motifs is 3. The molecule has 6 heterocycles. The number of sulfonamides is 1. The highest BCUT2D eigenvalue weighted by molar-refractivity contribution is 7.88. The smallest absolute Gasteiger partial charge is 0.299 e. The molecular weight excluding hydrogens is 686 g/mol. The van der Waals surface area contributed by atoms with Crippen molar-refractivity contribution in [2.45, 2.75) is 104 Å². The second kappa shape index (κ2) is 14.7. The van der Waals surface area contributed by atoms with Crippen LogP contribution in [0.1, 0.15) is 52.8 Å². The average molecular weight is 738 g/mol. The first-order valence-corrected chi connectivity index (χ1v) is 22.1. The van der Waals surface area contributed by atoms with E-state index in [2.05, 4.69) is 71.2 Å². The Morgan fingerprint density at radius 3 is 2.27 bits per heavy atom. The lowest BCUT2D eigenvalue weighted by atomic mass is 10.1. The number of ether oxygens (including phenoxy) is 3. The lowest BCUT2D eigenvalue weighted by Crippen LogP contribution is -2.47. The first-order valence-electron chi connectivity index (χ1n) is 17.0. The van der Waals surface area contributed by atoms with Crippen molar-refractivity contribution in [3.05, 3.63) is 41.2 Å². The summed E-state index contributed by atoms with van der Waals surface area (Å²) in [5, 5.41) is 5.01. The van der Waals surface area contributed by atoms with E-state index in [1.54, 1.807) is 23.0 Å². The van der Waals surface area contributed by atoms with Gasteiger partial charge in [-0.25, -0.2) is 18.1 Å². The molecule has 3 aromatic heterocycles. The van der Waals surface area contributed by atoms with Crippen LogP contribution in [0.15, 0.2) is 24.9 Å². The Balaban J connectivity index is 0.000000606. The Hall–Kier alpha value is -2.37. The summed E-state index contributed by atoms with van der Waals surface area (Å²) >= 11 is 6.70. The van der Waals surface area contributed by atoms with Crippen molar-refractivity contribution >= 4 is 41.1 Å². The van der Waals surface area contributed by atoms with E-state index in [4.69, 9.17) is 40.2 Å². The summed E-state index contributed by atoms with van der Waals surface area (Å²) in [5.41, 5.74) is 2.59. The molecule has 13 nitrogen and oxygen atoms in total. The molecule has 16 heteroatoms. The molecule has 0 aromatic carbocycles. The highest BCUT2D eigenvalue weighted by Crippen LogP contribution is 2.41. The van der Waals surface area contributed by atoms with Crippen molar-refractivity contribution in [2.75, 3.05) is 39.1 Å². The van der Waals surface area contributed by atoms with E-state index in [1.807, 2.05) is 4.57 Å². The van der Waals surface area contributed by atoms with Crippen molar-refractivity contribution in [3.8, 4) is 11.8 Å². The number of aromatic nitrogens is 5. The van der Waals surface area contributed by atoms with Gasteiger partial charge in [0.05, 0.1) is 48.4 Å². The zero-order valence-electron chi connectivity index (χ0n) is 30.3. The third kappa shape index (κ3) is 7.93. The molecular formula is C33H52ClN7O6SSi. The van der Waals surface area contributed by atoms with Gasteiger partial charge in [-0.1, -0.05) is 59.2 Å². The fraction of sp³-hybridized carbons (Fsp3) is 0.667. The number of hydrogen-bond acceptors (Lipinski definition) is 10. The Kier molecular flexibility index (Phi) is 11.4. The molecule has 0 unspecified atom stereocenters. The maximum Gasteiger partial charge on any atom is 0.299 e. The summed E-state index contributed by atoms with van der Waals surface area (Å²) in [5.74, 6) is 0.397. The largest absolute Gasteiger partial charge is 0.456 e. The number of rotatable bonds is 11. The van der Waals surface area contributed by atoms with Crippen LogP contribution in [-0.2, 0) is 43.6 Å². The summed E-state index contributed by atoms with van der Waals surface area (Å²) in [7, 11) is -5.32. The van der Waals surface area contributed by atoms with Crippen LogP contribution in [0.3, 0.4) is 0 Å². The minimum atomic E-state index is -3.31. The molecule has 0 amide bonds. The molecule has 272 valence electrons. The highest BCUT2D eigenvalue weighted by atomic mass is 35.5. The Labute approximate surface area is 296 Å². The molecule has 3 aromatic rings. The van der Waals surface area contributed by atoms with Gasteiger partial charge in [0, 0.05) is 24.8 Å². The molecule has 3 aliphatic rings. The summed E-state index contributed by atoms with van der Waals surface area (Å²) in [6.45, 7) is 26.8. The van der Waals surface area contributed by atoms with Crippen molar-refractivity contribution in [1.29, 1.82) is 0 Å². The van der Waals surface area contributed by atoms with Crippen LogP contribution in [0.25, 0.3) is 17.0 Å². The molecule has 4 atom stereocenters. The average Bonchev–Trinajstić information content (AvgIpc) is 3.83. The molecule has 0 aliphatic carbocycles. The van der Waals surface area contributed by atoms with E-state index in [1.165, 1.54) is 30.2 Å². The normalized spacial score (nSPS) is 22.8. The van der Waals surface area contributed by atoms with E-state index in [0.29, 0.717) is 53.5 Å². The molecule has 0 bridgehead atoms. The summed E-state index contributed by atoms with van der Waals surface area (Å²) in [6.07, 6.45) is 3.71. The third-order valence-corrected chi connectivity index (χ3v) is 16.0. The van der Waals surface area contributed by atoms with Crippen LogP contribution in [0.2, 0.25) is 23.2 Å². The van der Waals surface area contributed by atoms with Crippen LogP contribution in [0.5, 0.6) is 6.01 Å². The van der Waals surface area contributed by atoms with Gasteiger partial charge >= 0.3 is 0 Å². The van der Waals surface area contributed by atoms with Crippen LogP contribution >= 0.6 is 11.6 Å². The summed E-state index contributed by atoms with van der Waals surface area (Å²) < 4.78 is 54.1. The van der Waals surface area contributed by atoms with Gasteiger partial charge in [-0.15, -0.1) is 6.58 Å². The maximum atomic E-state index is 11.9. The third-order valence-electron chi connectivity index (χ3n) is 10.0. The minimum Gasteiger partial charge on any atom is -0.456 e. The number of pyridine rings is 1. The van der Waals surface area contributed by atoms with Crippen molar-refractivity contribution in [1.82, 2.24) is 33.5 Å². The first-order chi connectivity index (χ1) is 23.0. The number of hydrogen-bond donors (Lipinski definition) is 0. The van der Waals surface area contributed by atoms with Gasteiger partial charge in [0.25, 0.3) is 6.01 Å². The van der Waals surface area contributed by atoms with E-state index in [0.717, 1.165) is 5.56 Å². The van der Waals surface area contributed by atoms with E-state index in [-0.39, 0.29) is 42.5 Å². The fourth-order valence-corrected chi connectivity index (χ4v) is 8.29. The molecule has 6 rings (SSSR count). The minimum absolute atomic E-state index is 0.0784. The summed E-state index contributed by atoms with van der Waals surface area (Å²) in [6, 6.07) is 2.14. The molecule has 3 aliphatic heterocycles. The fourth-order valence-electron chi connectivity index (χ4n) is 6.01. The number of nitrogens with zero attached hydrogens (tertiary/aromatic N) is 7. The predicted molar refractivity (Wildman–Crippen MR) is 193 cm³/mol. The Morgan fingerprint density at radius 1 is 1.08 bits per heavy atom. The van der Waals surface area contributed by atoms with Gasteiger partial charge in [0.15, 0.2) is 25.9 Å². The molecule has 0 spiro atoms. The first kappa shape index (κ1) is 37.9. The maximum absolute atomic E-state index is 11.9. The molecule has 49 heavy (non-hydrogen) atoms. The van der Waals surface area contributed by atoms with Gasteiger partial charge in [0.2, 0.25) is 10.0 Å². The van der Waals surface area contributed by atoms with E-state index in [9.17, 15) is 8.42 Å². The lowest BCUT2D eigenvalue weighted by molar-refractivity contribution is 0.0105. The Bertz CT molecular complexity index is 1720. The second-order valence-electron chi connectivity index (χ2n) is 14.3. The van der Waals surface area contributed by atoms with Gasteiger partial charge in [-0.3, -0.25) is 4.57 Å². The molecule has 2 fully saturated rings. The van der Waals surface area contributed by atoms with E-state index < -0.39 is 18.3 Å². The van der Waals surface area contributed by atoms with Gasteiger partial charge in [-0.2, -0.15) is 14.4 Å². The zero-order valence-corrected chi connectivity index (χ0v) is 32.8. The second-order valence-corrected chi connectivity index (χ2v) is 21.4. The van der Waals surface area contributed by atoms with Gasteiger partial charge in [-0.05, 0) is 43.8 Å². The van der Waals surface area contributed by atoms with E-state index >= 15 is 0 Å². The predicted octanol–water partition coefficient (Wildman–Crippen LogP) is 5.02. The zero-order chi connectivity index (χ0) is 35.9. The molecule has 0 N–H and O–H groups in total. The quantitative estimate of drug-likeness (QED) is 0.196. The van der Waals surface area contributed by atoms with Crippen LogP contribution in [0, 0.1) is 0 Å². The van der Waals surface area contributed by atoms with Crippen molar-refractivity contribution < 1.29 is 27.1 Å². The van der Waals surface area contributed by atoms with Gasteiger partial charge in [0.1, 0.15) is 12.2 Å². The summed E-state index contributed by atoms with van der Waals surface area (Å²) in [4.78, 5) is 11.8. The van der Waals surface area contributed by atoms with Crippen molar-refractivity contribution in [2.24, 2.45) is 0 Å². The number of allylic oxidation sites excluding steroid dienone is 1. The number of imidazole rings is 1. The number of halogens is 1. The van der Waals surface area contributed by atoms with Crippen molar-refractivity contribution in [3.63, 3.8) is 0 Å². The lowest BCUT2D eigenvalue weighted by Gasteiger charge is -2.39. The standard InChI is InChI=1S/C27H37ClN6O6SSi.C6H15N/c1-8-9-33-19-10-17(28)25(34-12-16-11-32(41(5,35)36)13-18(16)31-34)29-24(19)30-26(33)39-20-14-37-23-21(15-38-22(20)23)40-42(6,7)27(2,3)4;1-4-7(5-2)6-3/h8,10,12,20-23H,1,9,11,13-15H2,2-7H3;4-6H2,1-3H3/t20-,21-,22-,23-;/m1./s1. The van der Waals surface area contributed by atoms with Gasteiger partial charge < -0.3 is 23.5 Å². The Morgan fingerprint density at radius 2 is 1.71 bits per heavy atom. The SMILES string of the molecule is C=CCn1c(O[C@@H]2CO[C@H]3[C@@H]2OC[C@H]3O[Si](C)(C)C(C)(C)C)nc2nc(-n3cc4c(n3)CN(S(C)(=O)=O)C4)c(Cl)cc21.CCN(CC)CC. The highest BCUT2D eigenvalue weighted by Gasteiger charge is 2.52. The van der Waals surface area contributed by atoms with Crippen LogP contribution in [-0.4, -0.2) is 114 Å².